The van der Waals surface area contributed by atoms with Gasteiger partial charge in [-0.15, -0.1) is 6.58 Å². The molecule has 0 saturated carbocycles. The lowest BCUT2D eigenvalue weighted by molar-refractivity contribution is 0.852. The average molecular weight is 199 g/mol. The fourth-order valence-electron chi connectivity index (χ4n) is 2.35. The van der Waals surface area contributed by atoms with Crippen LogP contribution in [0.25, 0.3) is 10.9 Å². The van der Waals surface area contributed by atoms with Crippen molar-refractivity contribution in [3.8, 4) is 0 Å². The molecule has 15 heavy (non-hydrogen) atoms. The van der Waals surface area contributed by atoms with Crippen LogP contribution in [0.15, 0.2) is 36.9 Å². The van der Waals surface area contributed by atoms with Gasteiger partial charge in [-0.05, 0) is 24.5 Å². The number of hydrogen-bond donors (Lipinski definition) is 0. The van der Waals surface area contributed by atoms with Gasteiger partial charge in [0.25, 0.3) is 0 Å². The van der Waals surface area contributed by atoms with Crippen LogP contribution in [0.2, 0.25) is 0 Å². The minimum absolute atomic E-state index is 0.963. The van der Waals surface area contributed by atoms with Crippen LogP contribution in [-0.4, -0.2) is 4.57 Å². The van der Waals surface area contributed by atoms with Gasteiger partial charge in [-0.1, -0.05) is 31.2 Å². The molecule has 0 unspecified atom stereocenters. The Bertz CT molecular complexity index is 491. The summed E-state index contributed by atoms with van der Waals surface area (Å²) in [6.07, 6.45) is 4.03. The van der Waals surface area contributed by atoms with Crippen LogP contribution in [0.3, 0.4) is 0 Å². The summed E-state index contributed by atoms with van der Waals surface area (Å²) in [7, 11) is 2.15. The summed E-state index contributed by atoms with van der Waals surface area (Å²) in [6, 6.07) is 8.59. The van der Waals surface area contributed by atoms with E-state index in [9.17, 15) is 0 Å². The van der Waals surface area contributed by atoms with Crippen molar-refractivity contribution in [3.05, 3.63) is 48.2 Å². The van der Waals surface area contributed by atoms with Gasteiger partial charge in [-0.3, -0.25) is 0 Å². The van der Waals surface area contributed by atoms with E-state index in [2.05, 4.69) is 49.4 Å². The maximum absolute atomic E-state index is 3.84. The van der Waals surface area contributed by atoms with E-state index in [1.54, 1.807) is 0 Å². The summed E-state index contributed by atoms with van der Waals surface area (Å²) in [5.74, 6) is 0. The van der Waals surface area contributed by atoms with E-state index in [0.29, 0.717) is 0 Å². The largest absolute Gasteiger partial charge is 0.347 e. The van der Waals surface area contributed by atoms with Crippen LogP contribution in [0.1, 0.15) is 18.2 Å². The molecule has 0 amide bonds. The van der Waals surface area contributed by atoms with Crippen molar-refractivity contribution in [1.82, 2.24) is 4.57 Å². The van der Waals surface area contributed by atoms with Gasteiger partial charge < -0.3 is 4.57 Å². The van der Waals surface area contributed by atoms with E-state index in [1.165, 1.54) is 22.2 Å². The van der Waals surface area contributed by atoms with Crippen molar-refractivity contribution >= 4 is 10.9 Å². The van der Waals surface area contributed by atoms with E-state index in [-0.39, 0.29) is 0 Å². The standard InChI is InChI=1S/C14H17N/c1-4-8-11-12-9-6-7-10-14(12)15(3)13(11)5-2/h4,6-7,9-10H,1,5,8H2,2-3H3. The van der Waals surface area contributed by atoms with Gasteiger partial charge >= 0.3 is 0 Å². The molecule has 0 atom stereocenters. The first kappa shape index (κ1) is 10.0. The Labute approximate surface area is 91.0 Å². The van der Waals surface area contributed by atoms with Crippen LogP contribution in [0.4, 0.5) is 0 Å². The molecule has 0 aliphatic rings. The lowest BCUT2D eigenvalue weighted by Crippen LogP contribution is -1.96. The van der Waals surface area contributed by atoms with Crippen molar-refractivity contribution in [1.29, 1.82) is 0 Å². The number of fused-ring (bicyclic) bond motifs is 1. The Kier molecular flexibility index (Phi) is 2.63. The molecule has 0 N–H and O–H groups in total. The number of aromatic nitrogens is 1. The van der Waals surface area contributed by atoms with Crippen LogP contribution in [-0.2, 0) is 19.9 Å². The third-order valence-corrected chi connectivity index (χ3v) is 3.03. The van der Waals surface area contributed by atoms with Crippen molar-refractivity contribution in [2.75, 3.05) is 0 Å². The van der Waals surface area contributed by atoms with Crippen molar-refractivity contribution in [3.63, 3.8) is 0 Å². The molecule has 1 aromatic carbocycles. The monoisotopic (exact) mass is 199 g/mol. The van der Waals surface area contributed by atoms with E-state index >= 15 is 0 Å². The molecule has 1 heteroatoms. The fraction of sp³-hybridized carbons (Fsp3) is 0.286. The van der Waals surface area contributed by atoms with E-state index in [4.69, 9.17) is 0 Å². The molecule has 0 fully saturated rings. The third-order valence-electron chi connectivity index (χ3n) is 3.03. The van der Waals surface area contributed by atoms with Crippen LogP contribution >= 0.6 is 0 Å². The van der Waals surface area contributed by atoms with Gasteiger partial charge in [0.05, 0.1) is 0 Å². The highest BCUT2D eigenvalue weighted by molar-refractivity contribution is 5.85. The number of nitrogens with zero attached hydrogens (tertiary/aromatic N) is 1. The van der Waals surface area contributed by atoms with Crippen molar-refractivity contribution in [2.45, 2.75) is 19.8 Å². The Balaban J connectivity index is 2.78. The highest BCUT2D eigenvalue weighted by Crippen LogP contribution is 2.26. The predicted octanol–water partition coefficient (Wildman–Crippen LogP) is 3.47. The molecule has 0 aliphatic heterocycles. The summed E-state index contributed by atoms with van der Waals surface area (Å²) < 4.78 is 2.30. The van der Waals surface area contributed by atoms with Gasteiger partial charge in [-0.25, -0.2) is 0 Å². The highest BCUT2D eigenvalue weighted by atomic mass is 14.9. The van der Waals surface area contributed by atoms with Crippen LogP contribution in [0.5, 0.6) is 0 Å². The second kappa shape index (κ2) is 3.93. The molecule has 0 spiro atoms. The van der Waals surface area contributed by atoms with Crippen LogP contribution in [0, 0.1) is 0 Å². The van der Waals surface area contributed by atoms with Gasteiger partial charge in [0.15, 0.2) is 0 Å². The quantitative estimate of drug-likeness (QED) is 0.667. The number of rotatable bonds is 3. The normalized spacial score (nSPS) is 10.8. The summed E-state index contributed by atoms with van der Waals surface area (Å²) >= 11 is 0. The SMILES string of the molecule is C=CCc1c(CC)n(C)c2ccccc12. The zero-order chi connectivity index (χ0) is 10.8. The highest BCUT2D eigenvalue weighted by Gasteiger charge is 2.11. The Morgan fingerprint density at radius 1 is 1.33 bits per heavy atom. The zero-order valence-electron chi connectivity index (χ0n) is 9.46. The van der Waals surface area contributed by atoms with Gasteiger partial charge in [0, 0.05) is 23.6 Å². The molecule has 0 radical (unpaired) electrons. The molecule has 1 aromatic heterocycles. The van der Waals surface area contributed by atoms with Gasteiger partial charge in [0.2, 0.25) is 0 Å². The summed E-state index contributed by atoms with van der Waals surface area (Å²) in [4.78, 5) is 0. The average Bonchev–Trinajstić information content (AvgIpc) is 2.54. The number of hydrogen-bond acceptors (Lipinski definition) is 0. The fourth-order valence-corrected chi connectivity index (χ4v) is 2.35. The summed E-state index contributed by atoms with van der Waals surface area (Å²) in [6.45, 7) is 6.05. The number of aryl methyl sites for hydroxylation is 1. The van der Waals surface area contributed by atoms with E-state index in [1.807, 2.05) is 6.08 Å². The number of para-hydroxylation sites is 1. The molecule has 1 heterocycles. The first-order valence-electron chi connectivity index (χ1n) is 5.45. The molecule has 2 aromatic rings. The van der Waals surface area contributed by atoms with Gasteiger partial charge in [0.1, 0.15) is 0 Å². The molecular formula is C14H17N. The van der Waals surface area contributed by atoms with Gasteiger partial charge in [-0.2, -0.15) is 0 Å². The number of allylic oxidation sites excluding steroid dienone is 1. The van der Waals surface area contributed by atoms with E-state index in [0.717, 1.165) is 12.8 Å². The summed E-state index contributed by atoms with van der Waals surface area (Å²) in [5, 5.41) is 1.37. The topological polar surface area (TPSA) is 4.93 Å². The second-order valence-corrected chi connectivity index (χ2v) is 3.85. The molecular weight excluding hydrogens is 182 g/mol. The maximum Gasteiger partial charge on any atom is 0.0482 e. The zero-order valence-corrected chi connectivity index (χ0v) is 9.46. The number of benzene rings is 1. The molecule has 2 rings (SSSR count). The third kappa shape index (κ3) is 1.48. The minimum atomic E-state index is 0.963. The first-order chi connectivity index (χ1) is 7.29. The second-order valence-electron chi connectivity index (χ2n) is 3.85. The molecule has 0 aliphatic carbocycles. The molecule has 0 saturated heterocycles. The van der Waals surface area contributed by atoms with E-state index < -0.39 is 0 Å². The Morgan fingerprint density at radius 2 is 2.07 bits per heavy atom. The smallest absolute Gasteiger partial charge is 0.0482 e. The molecule has 78 valence electrons. The Hall–Kier alpha value is -1.50. The maximum atomic E-state index is 3.84. The molecule has 1 nitrogen and oxygen atoms in total. The predicted molar refractivity (Wildman–Crippen MR) is 66.2 cm³/mol. The first-order valence-corrected chi connectivity index (χ1v) is 5.45. The van der Waals surface area contributed by atoms with Crippen LogP contribution < -0.4 is 0 Å². The molecule has 0 bridgehead atoms. The summed E-state index contributed by atoms with van der Waals surface area (Å²) in [5.41, 5.74) is 4.19. The lowest BCUT2D eigenvalue weighted by Gasteiger charge is -2.02. The minimum Gasteiger partial charge on any atom is -0.347 e. The van der Waals surface area contributed by atoms with Crippen molar-refractivity contribution < 1.29 is 0 Å². The Morgan fingerprint density at radius 3 is 2.73 bits per heavy atom. The lowest BCUT2D eigenvalue weighted by atomic mass is 10.1. The van der Waals surface area contributed by atoms with Crippen molar-refractivity contribution in [2.24, 2.45) is 7.05 Å².